The summed E-state index contributed by atoms with van der Waals surface area (Å²) in [5.74, 6) is 0. The second kappa shape index (κ2) is 4.14. The van der Waals surface area contributed by atoms with Gasteiger partial charge in [-0.3, -0.25) is 9.48 Å². The summed E-state index contributed by atoms with van der Waals surface area (Å²) in [4.78, 5) is 10.9. The molecule has 1 aromatic carbocycles. The Morgan fingerprint density at radius 1 is 1.40 bits per heavy atom. The van der Waals surface area contributed by atoms with Crippen LogP contribution in [0, 0.1) is 3.57 Å². The first-order chi connectivity index (χ1) is 7.22. The van der Waals surface area contributed by atoms with Crippen molar-refractivity contribution in [2.75, 3.05) is 0 Å². The molecular weight excluding hydrogens is 303 g/mol. The monoisotopic (exact) mass is 312 g/mol. The van der Waals surface area contributed by atoms with Crippen molar-refractivity contribution in [2.45, 2.75) is 0 Å². The molecule has 2 rings (SSSR count). The van der Waals surface area contributed by atoms with Crippen LogP contribution in [0.5, 0.6) is 0 Å². The molecule has 0 aliphatic carbocycles. The number of aromatic nitrogens is 2. The molecule has 1 aromatic heterocycles. The highest BCUT2D eigenvalue weighted by molar-refractivity contribution is 14.1. The molecular formula is C11H9IN2O. The van der Waals surface area contributed by atoms with Gasteiger partial charge in [0, 0.05) is 22.4 Å². The van der Waals surface area contributed by atoms with Crippen molar-refractivity contribution in [1.29, 1.82) is 0 Å². The first-order valence-electron chi connectivity index (χ1n) is 4.46. The zero-order valence-electron chi connectivity index (χ0n) is 8.14. The molecule has 76 valence electrons. The average Bonchev–Trinajstić information content (AvgIpc) is 2.60. The van der Waals surface area contributed by atoms with Gasteiger partial charge in [0.1, 0.15) is 5.69 Å². The van der Waals surface area contributed by atoms with Gasteiger partial charge in [0.05, 0.1) is 5.56 Å². The van der Waals surface area contributed by atoms with Crippen molar-refractivity contribution >= 4 is 28.9 Å². The third-order valence-electron chi connectivity index (χ3n) is 2.11. The molecule has 0 fully saturated rings. The van der Waals surface area contributed by atoms with E-state index < -0.39 is 0 Å². The maximum Gasteiger partial charge on any atom is 0.153 e. The summed E-state index contributed by atoms with van der Waals surface area (Å²) in [6, 6.07) is 7.88. The molecule has 3 nitrogen and oxygen atoms in total. The molecule has 0 bridgehead atoms. The highest BCUT2D eigenvalue weighted by Gasteiger charge is 2.11. The van der Waals surface area contributed by atoms with E-state index in [-0.39, 0.29) is 0 Å². The number of aldehydes is 1. The van der Waals surface area contributed by atoms with Gasteiger partial charge in [0.15, 0.2) is 6.29 Å². The Balaban J connectivity index is 2.63. The Morgan fingerprint density at radius 2 is 2.13 bits per heavy atom. The lowest BCUT2D eigenvalue weighted by atomic mass is 10.1. The number of carbonyl (C=O) groups excluding carboxylic acids is 1. The number of aryl methyl sites for hydroxylation is 1. The molecule has 0 aliphatic rings. The third kappa shape index (κ3) is 1.94. The molecule has 4 heteroatoms. The molecule has 0 aliphatic heterocycles. The summed E-state index contributed by atoms with van der Waals surface area (Å²) >= 11 is 2.24. The van der Waals surface area contributed by atoms with E-state index in [0.29, 0.717) is 5.56 Å². The topological polar surface area (TPSA) is 34.9 Å². The van der Waals surface area contributed by atoms with Crippen LogP contribution in [-0.4, -0.2) is 16.1 Å². The van der Waals surface area contributed by atoms with E-state index in [0.717, 1.165) is 21.1 Å². The first kappa shape index (κ1) is 10.4. The van der Waals surface area contributed by atoms with Crippen LogP contribution in [-0.2, 0) is 7.05 Å². The van der Waals surface area contributed by atoms with Gasteiger partial charge in [-0.15, -0.1) is 0 Å². The molecule has 0 atom stereocenters. The summed E-state index contributed by atoms with van der Waals surface area (Å²) in [6.07, 6.45) is 2.57. The van der Waals surface area contributed by atoms with E-state index in [9.17, 15) is 4.79 Å². The van der Waals surface area contributed by atoms with Crippen LogP contribution in [0.4, 0.5) is 0 Å². The van der Waals surface area contributed by atoms with Crippen molar-refractivity contribution in [3.8, 4) is 11.3 Å². The van der Waals surface area contributed by atoms with Gasteiger partial charge in [-0.25, -0.2) is 0 Å². The van der Waals surface area contributed by atoms with Crippen molar-refractivity contribution < 1.29 is 4.79 Å². The Hall–Kier alpha value is -1.17. The molecule has 0 spiro atoms. The van der Waals surface area contributed by atoms with E-state index in [1.54, 1.807) is 10.9 Å². The van der Waals surface area contributed by atoms with Crippen LogP contribution < -0.4 is 0 Å². The lowest BCUT2D eigenvalue weighted by Gasteiger charge is -2.00. The van der Waals surface area contributed by atoms with Crippen molar-refractivity contribution in [2.24, 2.45) is 7.05 Å². The van der Waals surface area contributed by atoms with E-state index in [2.05, 4.69) is 27.7 Å². The van der Waals surface area contributed by atoms with Crippen LogP contribution in [0.1, 0.15) is 10.4 Å². The number of halogens is 1. The number of carbonyl (C=O) groups is 1. The Labute approximate surface area is 101 Å². The van der Waals surface area contributed by atoms with Crippen molar-refractivity contribution in [1.82, 2.24) is 9.78 Å². The molecule has 0 radical (unpaired) electrons. The zero-order valence-corrected chi connectivity index (χ0v) is 10.3. The lowest BCUT2D eigenvalue weighted by molar-refractivity contribution is 0.112. The fourth-order valence-corrected chi connectivity index (χ4v) is 2.10. The SMILES string of the molecule is Cn1cc(C=O)c(-c2ccccc2I)n1. The van der Waals surface area contributed by atoms with E-state index >= 15 is 0 Å². The van der Waals surface area contributed by atoms with Gasteiger partial charge in [-0.2, -0.15) is 5.10 Å². The van der Waals surface area contributed by atoms with Crippen molar-refractivity contribution in [3.05, 3.63) is 39.6 Å². The smallest absolute Gasteiger partial charge is 0.153 e. The maximum absolute atomic E-state index is 10.9. The number of nitrogens with zero attached hydrogens (tertiary/aromatic N) is 2. The highest BCUT2D eigenvalue weighted by Crippen LogP contribution is 2.25. The van der Waals surface area contributed by atoms with Crippen LogP contribution in [0.15, 0.2) is 30.5 Å². The summed E-state index contributed by atoms with van der Waals surface area (Å²) in [5.41, 5.74) is 2.37. The van der Waals surface area contributed by atoms with Gasteiger partial charge >= 0.3 is 0 Å². The van der Waals surface area contributed by atoms with Gasteiger partial charge in [0.25, 0.3) is 0 Å². The standard InChI is InChI=1S/C11H9IN2O/c1-14-6-8(7-15)11(13-14)9-4-2-3-5-10(9)12/h2-7H,1H3. The van der Waals surface area contributed by atoms with Gasteiger partial charge in [0.2, 0.25) is 0 Å². The minimum Gasteiger partial charge on any atom is -0.298 e. The van der Waals surface area contributed by atoms with Crippen LogP contribution in [0.25, 0.3) is 11.3 Å². The van der Waals surface area contributed by atoms with Crippen LogP contribution >= 0.6 is 22.6 Å². The molecule has 15 heavy (non-hydrogen) atoms. The minimum absolute atomic E-state index is 0.626. The van der Waals surface area contributed by atoms with Gasteiger partial charge in [-0.1, -0.05) is 18.2 Å². The summed E-state index contributed by atoms with van der Waals surface area (Å²) in [6.45, 7) is 0. The molecule has 0 amide bonds. The second-order valence-corrected chi connectivity index (χ2v) is 4.37. The normalized spacial score (nSPS) is 10.3. The van der Waals surface area contributed by atoms with E-state index in [4.69, 9.17) is 0 Å². The molecule has 0 unspecified atom stereocenters. The van der Waals surface area contributed by atoms with Gasteiger partial charge < -0.3 is 0 Å². The minimum atomic E-state index is 0.626. The maximum atomic E-state index is 10.9. The fraction of sp³-hybridized carbons (Fsp3) is 0.0909. The molecule has 0 N–H and O–H groups in total. The summed E-state index contributed by atoms with van der Waals surface area (Å²) < 4.78 is 2.75. The predicted molar refractivity (Wildman–Crippen MR) is 66.7 cm³/mol. The number of hydrogen-bond donors (Lipinski definition) is 0. The molecule has 0 saturated carbocycles. The Morgan fingerprint density at radius 3 is 2.80 bits per heavy atom. The quantitative estimate of drug-likeness (QED) is 0.631. The average molecular weight is 312 g/mol. The largest absolute Gasteiger partial charge is 0.298 e. The lowest BCUT2D eigenvalue weighted by Crippen LogP contribution is -1.89. The Kier molecular flexibility index (Phi) is 2.86. The summed E-state index contributed by atoms with van der Waals surface area (Å²) in [5, 5.41) is 4.29. The highest BCUT2D eigenvalue weighted by atomic mass is 127. The molecule has 0 saturated heterocycles. The van der Waals surface area contributed by atoms with E-state index in [1.165, 1.54) is 0 Å². The number of rotatable bonds is 2. The summed E-state index contributed by atoms with van der Waals surface area (Å²) in [7, 11) is 1.81. The van der Waals surface area contributed by atoms with Crippen LogP contribution in [0.3, 0.4) is 0 Å². The Bertz CT molecular complexity index is 505. The number of hydrogen-bond acceptors (Lipinski definition) is 2. The third-order valence-corrected chi connectivity index (χ3v) is 3.05. The molecule has 2 aromatic rings. The fourth-order valence-electron chi connectivity index (χ4n) is 1.46. The number of benzene rings is 1. The van der Waals surface area contributed by atoms with Crippen molar-refractivity contribution in [3.63, 3.8) is 0 Å². The van der Waals surface area contributed by atoms with E-state index in [1.807, 2.05) is 31.3 Å². The van der Waals surface area contributed by atoms with Crippen LogP contribution in [0.2, 0.25) is 0 Å². The zero-order chi connectivity index (χ0) is 10.8. The second-order valence-electron chi connectivity index (χ2n) is 3.20. The molecule has 1 heterocycles. The predicted octanol–water partition coefficient (Wildman–Crippen LogP) is 2.50. The van der Waals surface area contributed by atoms with Gasteiger partial charge in [-0.05, 0) is 28.7 Å². The first-order valence-corrected chi connectivity index (χ1v) is 5.54.